The Balaban J connectivity index is 2.52. The predicted octanol–water partition coefficient (Wildman–Crippen LogP) is 3.32. The summed E-state index contributed by atoms with van der Waals surface area (Å²) in [5, 5.41) is 13.0. The van der Waals surface area contributed by atoms with Gasteiger partial charge in [0.1, 0.15) is 17.2 Å². The molecular weight excluding hydrogens is 400 g/mol. The van der Waals surface area contributed by atoms with E-state index < -0.39 is 35.1 Å². The van der Waals surface area contributed by atoms with Gasteiger partial charge < -0.3 is 9.84 Å². The van der Waals surface area contributed by atoms with Crippen LogP contribution in [0.2, 0.25) is 5.02 Å². The lowest BCUT2D eigenvalue weighted by molar-refractivity contribution is -0.144. The molecule has 0 radical (unpaired) electrons. The van der Waals surface area contributed by atoms with Crippen LogP contribution >= 0.6 is 23.4 Å². The van der Waals surface area contributed by atoms with Crippen molar-refractivity contribution in [2.75, 3.05) is 12.9 Å². The lowest BCUT2D eigenvalue weighted by Crippen LogP contribution is -2.22. The van der Waals surface area contributed by atoms with E-state index in [0.29, 0.717) is 15.6 Å². The number of benzene rings is 1. The van der Waals surface area contributed by atoms with Crippen molar-refractivity contribution in [2.24, 2.45) is 7.05 Å². The molecule has 0 spiro atoms. The van der Waals surface area contributed by atoms with Crippen molar-refractivity contribution in [3.8, 4) is 11.3 Å². The van der Waals surface area contributed by atoms with Gasteiger partial charge in [-0.25, -0.2) is 4.39 Å². The molecule has 1 aromatic carbocycles. The number of ether oxygens (including phenoxy) is 1. The van der Waals surface area contributed by atoms with Crippen LogP contribution in [0.1, 0.15) is 5.69 Å². The number of halogens is 5. The highest BCUT2D eigenvalue weighted by molar-refractivity contribution is 7.99. The summed E-state index contributed by atoms with van der Waals surface area (Å²) in [5.74, 6) is -0.837. The smallest absolute Gasteiger partial charge is 0.367 e. The van der Waals surface area contributed by atoms with Gasteiger partial charge in [-0.05, 0) is 12.1 Å². The molecule has 2 rings (SSSR count). The number of aliphatic hydroxyl groups is 1. The number of rotatable bonds is 5. The highest BCUT2D eigenvalue weighted by atomic mass is 35.5. The second-order valence-corrected chi connectivity index (χ2v) is 6.60. The van der Waals surface area contributed by atoms with Crippen molar-refractivity contribution in [3.05, 3.63) is 45.0 Å². The van der Waals surface area contributed by atoms with E-state index in [9.17, 15) is 27.5 Å². The van der Waals surface area contributed by atoms with Crippen LogP contribution < -0.4 is 5.43 Å². The summed E-state index contributed by atoms with van der Waals surface area (Å²) in [6.45, 7) is 0. The summed E-state index contributed by atoms with van der Waals surface area (Å²) >= 11 is 6.96. The van der Waals surface area contributed by atoms with E-state index in [1.807, 2.05) is 0 Å². The molecule has 11 heteroatoms. The fourth-order valence-electron chi connectivity index (χ4n) is 2.04. The number of alkyl halides is 3. The zero-order valence-corrected chi connectivity index (χ0v) is 15.0. The van der Waals surface area contributed by atoms with Crippen LogP contribution in [-0.4, -0.2) is 34.0 Å². The first-order chi connectivity index (χ1) is 12.0. The molecule has 1 unspecified atom stereocenters. The number of thioether (sulfide) groups is 1. The number of hydrogen-bond acceptors (Lipinski definition) is 5. The molecule has 0 saturated heterocycles. The Hall–Kier alpha value is -1.62. The fourth-order valence-corrected chi connectivity index (χ4v) is 3.21. The molecule has 1 atom stereocenters. The summed E-state index contributed by atoms with van der Waals surface area (Å²) in [4.78, 5) is 12.4. The normalized spacial score (nSPS) is 13.1. The van der Waals surface area contributed by atoms with Crippen molar-refractivity contribution in [3.63, 3.8) is 0 Å². The van der Waals surface area contributed by atoms with Gasteiger partial charge in [0.2, 0.25) is 5.43 Å². The van der Waals surface area contributed by atoms with Crippen molar-refractivity contribution in [2.45, 2.75) is 17.4 Å². The van der Waals surface area contributed by atoms with Crippen LogP contribution in [0.4, 0.5) is 17.6 Å². The highest BCUT2D eigenvalue weighted by Gasteiger charge is 2.34. The minimum absolute atomic E-state index is 0.0169. The number of aromatic nitrogens is 2. The maximum absolute atomic E-state index is 14.2. The zero-order valence-electron chi connectivity index (χ0n) is 13.5. The van der Waals surface area contributed by atoms with Gasteiger partial charge >= 0.3 is 6.18 Å². The average Bonchev–Trinajstić information content (AvgIpc) is 2.54. The summed E-state index contributed by atoms with van der Waals surface area (Å²) in [6.07, 6.45) is -5.86. The summed E-state index contributed by atoms with van der Waals surface area (Å²) in [5.41, 5.74) is -3.11. The molecule has 5 nitrogen and oxygen atoms in total. The molecular formula is C15H13ClF4N2O3S. The average molecular weight is 413 g/mol. The van der Waals surface area contributed by atoms with Crippen LogP contribution in [0, 0.1) is 5.82 Å². The van der Waals surface area contributed by atoms with Crippen LogP contribution in [-0.2, 0) is 18.0 Å². The fraction of sp³-hybridized carbons (Fsp3) is 0.333. The maximum atomic E-state index is 14.2. The van der Waals surface area contributed by atoms with Gasteiger partial charge in [0.15, 0.2) is 6.29 Å². The van der Waals surface area contributed by atoms with Crippen LogP contribution in [0.25, 0.3) is 11.3 Å². The van der Waals surface area contributed by atoms with E-state index in [1.54, 1.807) is 0 Å². The first-order valence-electron chi connectivity index (χ1n) is 7.03. The van der Waals surface area contributed by atoms with E-state index >= 15 is 0 Å². The van der Waals surface area contributed by atoms with E-state index in [2.05, 4.69) is 9.84 Å². The Morgan fingerprint density at radius 1 is 1.38 bits per heavy atom. The number of nitrogens with zero attached hydrogens (tertiary/aromatic N) is 2. The van der Waals surface area contributed by atoms with E-state index in [4.69, 9.17) is 11.6 Å². The molecule has 0 aliphatic heterocycles. The molecule has 0 fully saturated rings. The molecule has 1 N–H and O–H groups in total. The molecule has 0 amide bonds. The van der Waals surface area contributed by atoms with Crippen molar-refractivity contribution in [1.29, 1.82) is 0 Å². The second-order valence-electron chi connectivity index (χ2n) is 5.13. The Bertz CT molecular complexity index is 873. The first kappa shape index (κ1) is 20.7. The Morgan fingerprint density at radius 3 is 2.62 bits per heavy atom. The van der Waals surface area contributed by atoms with Gasteiger partial charge in [-0.1, -0.05) is 11.6 Å². The Morgan fingerprint density at radius 2 is 2.04 bits per heavy atom. The molecule has 1 heterocycles. The highest BCUT2D eigenvalue weighted by Crippen LogP contribution is 2.34. The van der Waals surface area contributed by atoms with E-state index in [0.717, 1.165) is 24.9 Å². The van der Waals surface area contributed by atoms with Crippen molar-refractivity contribution in [1.82, 2.24) is 9.78 Å². The number of hydrogen-bond donors (Lipinski definition) is 1. The monoisotopic (exact) mass is 412 g/mol. The molecule has 0 aliphatic rings. The summed E-state index contributed by atoms with van der Waals surface area (Å²) < 4.78 is 57.9. The quantitative estimate of drug-likeness (QED) is 0.463. The van der Waals surface area contributed by atoms with Crippen LogP contribution in [0.5, 0.6) is 0 Å². The summed E-state index contributed by atoms with van der Waals surface area (Å²) in [7, 11) is 2.29. The van der Waals surface area contributed by atoms with E-state index in [1.165, 1.54) is 13.2 Å². The third-order valence-corrected chi connectivity index (χ3v) is 4.85. The standard InChI is InChI=1S/C15H13ClF4N2O3S/c1-22-12(15(18,19)20)5-10(23)14(21-22)7-3-11(8(16)4-9(7)17)26-6-13(24)25-2/h3-5,13,24H,6H2,1-2H3. The minimum atomic E-state index is -4.77. The van der Waals surface area contributed by atoms with Crippen LogP contribution in [0.15, 0.2) is 27.9 Å². The number of methoxy groups -OCH3 is 1. The van der Waals surface area contributed by atoms with Gasteiger partial charge in [0, 0.05) is 36.4 Å². The molecule has 0 aliphatic carbocycles. The first-order valence-corrected chi connectivity index (χ1v) is 8.39. The Kier molecular flexibility index (Phi) is 6.33. The number of aryl methyl sites for hydroxylation is 1. The number of aliphatic hydroxyl groups excluding tert-OH is 1. The predicted molar refractivity (Wildman–Crippen MR) is 88.6 cm³/mol. The molecule has 142 valence electrons. The maximum Gasteiger partial charge on any atom is 0.433 e. The van der Waals surface area contributed by atoms with Crippen molar-refractivity contribution >= 4 is 23.4 Å². The second kappa shape index (κ2) is 7.95. The van der Waals surface area contributed by atoms with Crippen molar-refractivity contribution < 1.29 is 27.4 Å². The third-order valence-electron chi connectivity index (χ3n) is 3.32. The molecule has 2 aromatic rings. The molecule has 1 aromatic heterocycles. The molecule has 0 saturated carbocycles. The molecule has 26 heavy (non-hydrogen) atoms. The largest absolute Gasteiger partial charge is 0.433 e. The molecule has 0 bridgehead atoms. The lowest BCUT2D eigenvalue weighted by Gasteiger charge is -2.14. The zero-order chi connectivity index (χ0) is 19.6. The van der Waals surface area contributed by atoms with Gasteiger partial charge in [0.05, 0.1) is 5.02 Å². The van der Waals surface area contributed by atoms with Crippen LogP contribution in [0.3, 0.4) is 0 Å². The van der Waals surface area contributed by atoms with E-state index in [-0.39, 0.29) is 16.3 Å². The SMILES string of the molecule is COC(O)CSc1cc(-c2nn(C)c(C(F)(F)F)cc2=O)c(F)cc1Cl. The van der Waals surface area contributed by atoms with Gasteiger partial charge in [0.25, 0.3) is 0 Å². The third kappa shape index (κ3) is 4.56. The minimum Gasteiger partial charge on any atom is -0.367 e. The lowest BCUT2D eigenvalue weighted by atomic mass is 10.1. The Labute approximate surface area is 154 Å². The van der Waals surface area contributed by atoms with Gasteiger partial charge in [-0.3, -0.25) is 9.48 Å². The topological polar surface area (TPSA) is 64.3 Å². The summed E-state index contributed by atoms with van der Waals surface area (Å²) in [6, 6.07) is 2.48. The van der Waals surface area contributed by atoms with Gasteiger partial charge in [-0.2, -0.15) is 18.3 Å². The van der Waals surface area contributed by atoms with Gasteiger partial charge in [-0.15, -0.1) is 11.8 Å².